The highest BCUT2D eigenvalue weighted by Gasteiger charge is 2.27. The Kier molecular flexibility index (Phi) is 42.8. The first-order valence-corrected chi connectivity index (χ1v) is 25.6. The lowest BCUT2D eigenvalue weighted by Gasteiger charge is -2.20. The van der Waals surface area contributed by atoms with Gasteiger partial charge in [0, 0.05) is 12.8 Å². The molecule has 0 rings (SSSR count). The van der Waals surface area contributed by atoms with Crippen LogP contribution in [0.15, 0.2) is 12.2 Å². The number of hydrogen-bond acceptors (Lipinski definition) is 9. The van der Waals surface area contributed by atoms with Crippen molar-refractivity contribution in [3.63, 3.8) is 0 Å². The molecule has 344 valence electrons. The second-order valence-corrected chi connectivity index (χ2v) is 17.9. The van der Waals surface area contributed by atoms with E-state index >= 15 is 0 Å². The van der Waals surface area contributed by atoms with E-state index in [4.69, 9.17) is 23.6 Å². The van der Waals surface area contributed by atoms with Crippen LogP contribution >= 0.6 is 7.82 Å². The van der Waals surface area contributed by atoms with Gasteiger partial charge in [-0.05, 0) is 38.5 Å². The van der Waals surface area contributed by atoms with Crippen molar-refractivity contribution in [3.8, 4) is 0 Å². The van der Waals surface area contributed by atoms with Crippen LogP contribution in [-0.4, -0.2) is 65.7 Å². The Morgan fingerprint density at radius 2 is 0.845 bits per heavy atom. The Morgan fingerprint density at radius 1 is 0.500 bits per heavy atom. The topological polar surface area (TPSA) is 149 Å². The second-order valence-electron chi connectivity index (χ2n) is 16.5. The van der Waals surface area contributed by atoms with Crippen molar-refractivity contribution in [1.82, 2.24) is 0 Å². The van der Waals surface area contributed by atoms with E-state index < -0.39 is 51.8 Å². The monoisotopic (exact) mass is 847 g/mol. The highest BCUT2D eigenvalue weighted by molar-refractivity contribution is 7.47. The number of rotatable bonds is 46. The number of esters is 2. The molecule has 3 N–H and O–H groups in total. The lowest BCUT2D eigenvalue weighted by molar-refractivity contribution is -0.161. The molecule has 11 heteroatoms. The molecule has 0 aromatic rings. The van der Waals surface area contributed by atoms with Crippen LogP contribution in [0.1, 0.15) is 239 Å². The molecule has 0 spiro atoms. The zero-order chi connectivity index (χ0) is 42.6. The first-order valence-electron chi connectivity index (χ1n) is 24.1. The van der Waals surface area contributed by atoms with Gasteiger partial charge in [-0.3, -0.25) is 18.6 Å². The summed E-state index contributed by atoms with van der Waals surface area (Å²) in [7, 11) is -4.62. The van der Waals surface area contributed by atoms with Crippen molar-refractivity contribution in [1.29, 1.82) is 0 Å². The fourth-order valence-electron chi connectivity index (χ4n) is 6.93. The van der Waals surface area contributed by atoms with E-state index in [1.165, 1.54) is 161 Å². The summed E-state index contributed by atoms with van der Waals surface area (Å²) in [6.07, 6.45) is 43.3. The number of aliphatic hydroxyl groups is 2. The highest BCUT2D eigenvalue weighted by Crippen LogP contribution is 2.43. The predicted octanol–water partition coefficient (Wildman–Crippen LogP) is 13.2. The fraction of sp³-hybridized carbons (Fsp3) is 0.915. The van der Waals surface area contributed by atoms with Gasteiger partial charge < -0.3 is 24.6 Å². The number of phosphoric ester groups is 1. The molecular formula is C47H91O10P. The van der Waals surface area contributed by atoms with E-state index in [2.05, 4.69) is 26.0 Å². The standard InChI is InChI=1S/C47H91O10P/c1-3-5-7-9-11-13-15-17-19-20-21-22-23-25-26-28-30-32-34-36-38-46(50)54-42-45(43-56-58(52,53)55-41-44(49)40-48)57-47(51)39-37-35-33-31-29-27-24-18-16-14-12-10-8-6-4-2/h29,31,44-45,48-49H,3-28,30,32-43H2,1-2H3,(H,52,53)/b31-29+/t44-,45-/m1/s1. The highest BCUT2D eigenvalue weighted by atomic mass is 31.2. The Morgan fingerprint density at radius 3 is 1.28 bits per heavy atom. The van der Waals surface area contributed by atoms with Gasteiger partial charge in [-0.25, -0.2) is 4.57 Å². The van der Waals surface area contributed by atoms with Crippen molar-refractivity contribution in [2.24, 2.45) is 0 Å². The summed E-state index contributed by atoms with van der Waals surface area (Å²) >= 11 is 0. The zero-order valence-corrected chi connectivity index (χ0v) is 38.4. The summed E-state index contributed by atoms with van der Waals surface area (Å²) < 4.78 is 32.8. The maximum Gasteiger partial charge on any atom is 0.472 e. The lowest BCUT2D eigenvalue weighted by Crippen LogP contribution is -2.29. The maximum atomic E-state index is 12.6. The van der Waals surface area contributed by atoms with Crippen molar-refractivity contribution in [2.45, 2.75) is 251 Å². The minimum absolute atomic E-state index is 0.159. The summed E-state index contributed by atoms with van der Waals surface area (Å²) in [6, 6.07) is 0. The minimum Gasteiger partial charge on any atom is -0.462 e. The summed E-state index contributed by atoms with van der Waals surface area (Å²) in [4.78, 5) is 35.1. The number of aliphatic hydroxyl groups excluding tert-OH is 2. The average Bonchev–Trinajstić information content (AvgIpc) is 3.21. The molecule has 3 atom stereocenters. The fourth-order valence-corrected chi connectivity index (χ4v) is 7.72. The molecule has 0 heterocycles. The minimum atomic E-state index is -4.62. The quantitative estimate of drug-likeness (QED) is 0.0234. The third-order valence-electron chi connectivity index (χ3n) is 10.7. The third-order valence-corrected chi connectivity index (χ3v) is 11.6. The smallest absolute Gasteiger partial charge is 0.462 e. The number of allylic oxidation sites excluding steroid dienone is 2. The second kappa shape index (κ2) is 43.8. The van der Waals surface area contributed by atoms with Crippen LogP contribution in [0.25, 0.3) is 0 Å². The van der Waals surface area contributed by atoms with E-state index in [0.29, 0.717) is 12.8 Å². The van der Waals surface area contributed by atoms with Crippen molar-refractivity contribution in [3.05, 3.63) is 12.2 Å². The summed E-state index contributed by atoms with van der Waals surface area (Å²) in [5, 5.41) is 18.4. The number of carbonyl (C=O) groups excluding carboxylic acids is 2. The van der Waals surface area contributed by atoms with Crippen molar-refractivity contribution in [2.75, 3.05) is 26.4 Å². The van der Waals surface area contributed by atoms with E-state index in [1.807, 2.05) is 0 Å². The molecule has 10 nitrogen and oxygen atoms in total. The number of unbranched alkanes of at least 4 members (excludes halogenated alkanes) is 30. The van der Waals surface area contributed by atoms with Crippen LogP contribution in [0.3, 0.4) is 0 Å². The summed E-state index contributed by atoms with van der Waals surface area (Å²) in [6.45, 7) is 2.40. The van der Waals surface area contributed by atoms with Gasteiger partial charge in [0.2, 0.25) is 0 Å². The SMILES string of the molecule is CCCCCCCCCCC/C=C/CCCCC(=O)O[C@H](COC(=O)CCCCCCCCCCCCCCCCCCCCCC)COP(=O)(O)OC[C@H](O)CO. The Bertz CT molecular complexity index is 977. The number of carbonyl (C=O) groups is 2. The number of hydrogen-bond donors (Lipinski definition) is 3. The van der Waals surface area contributed by atoms with E-state index in [-0.39, 0.29) is 19.4 Å². The van der Waals surface area contributed by atoms with Crippen LogP contribution in [0.5, 0.6) is 0 Å². The van der Waals surface area contributed by atoms with Gasteiger partial charge in [0.15, 0.2) is 6.10 Å². The molecular weight excluding hydrogens is 755 g/mol. The molecule has 0 fully saturated rings. The van der Waals surface area contributed by atoms with Crippen LogP contribution in [0.2, 0.25) is 0 Å². The predicted molar refractivity (Wildman–Crippen MR) is 238 cm³/mol. The summed E-state index contributed by atoms with van der Waals surface area (Å²) in [5.41, 5.74) is 0. The van der Waals surface area contributed by atoms with Gasteiger partial charge in [-0.1, -0.05) is 199 Å². The first kappa shape index (κ1) is 56.7. The molecule has 0 saturated heterocycles. The molecule has 0 aromatic carbocycles. The largest absolute Gasteiger partial charge is 0.472 e. The zero-order valence-electron chi connectivity index (χ0n) is 37.5. The summed E-state index contributed by atoms with van der Waals surface area (Å²) in [5.74, 6) is -0.936. The number of phosphoric acid groups is 1. The Hall–Kier alpha value is -1.29. The van der Waals surface area contributed by atoms with Gasteiger partial charge in [-0.2, -0.15) is 0 Å². The molecule has 0 bridgehead atoms. The van der Waals surface area contributed by atoms with E-state index in [9.17, 15) is 24.2 Å². The molecule has 0 aliphatic heterocycles. The normalized spacial score (nSPS) is 13.8. The molecule has 1 unspecified atom stereocenters. The Labute approximate surface area is 356 Å². The first-order chi connectivity index (χ1) is 28.2. The van der Waals surface area contributed by atoms with Crippen LogP contribution in [0.4, 0.5) is 0 Å². The molecule has 0 saturated carbocycles. The van der Waals surface area contributed by atoms with E-state index in [0.717, 1.165) is 38.5 Å². The molecule has 58 heavy (non-hydrogen) atoms. The van der Waals surface area contributed by atoms with Gasteiger partial charge in [0.25, 0.3) is 0 Å². The van der Waals surface area contributed by atoms with Gasteiger partial charge in [-0.15, -0.1) is 0 Å². The van der Waals surface area contributed by atoms with Crippen LogP contribution < -0.4 is 0 Å². The molecule has 0 aliphatic rings. The third kappa shape index (κ3) is 42.8. The molecule has 0 radical (unpaired) electrons. The van der Waals surface area contributed by atoms with Crippen molar-refractivity contribution < 1.29 is 47.8 Å². The van der Waals surface area contributed by atoms with Gasteiger partial charge in [0.1, 0.15) is 12.7 Å². The maximum absolute atomic E-state index is 12.6. The Balaban J connectivity index is 4.18. The van der Waals surface area contributed by atoms with Gasteiger partial charge in [0.05, 0.1) is 19.8 Å². The van der Waals surface area contributed by atoms with Crippen LogP contribution in [-0.2, 0) is 32.7 Å². The molecule has 0 aromatic heterocycles. The van der Waals surface area contributed by atoms with Gasteiger partial charge >= 0.3 is 19.8 Å². The van der Waals surface area contributed by atoms with Crippen molar-refractivity contribution >= 4 is 19.8 Å². The van der Waals surface area contributed by atoms with E-state index in [1.54, 1.807) is 0 Å². The average molecular weight is 847 g/mol. The van der Waals surface area contributed by atoms with Crippen LogP contribution in [0, 0.1) is 0 Å². The lowest BCUT2D eigenvalue weighted by atomic mass is 10.0. The number of ether oxygens (including phenoxy) is 2. The molecule has 0 aliphatic carbocycles. The molecule has 0 amide bonds.